The van der Waals surface area contributed by atoms with Gasteiger partial charge in [0.25, 0.3) is 0 Å². The highest BCUT2D eigenvalue weighted by Crippen LogP contribution is 1.90. The average molecular weight is 150 g/mol. The van der Waals surface area contributed by atoms with Crippen LogP contribution in [0.2, 0.25) is 0 Å². The molecule has 0 saturated heterocycles. The zero-order chi connectivity index (χ0) is 7.66. The summed E-state index contributed by atoms with van der Waals surface area (Å²) in [7, 11) is 0. The van der Waals surface area contributed by atoms with E-state index in [-0.39, 0.29) is 0 Å². The first kappa shape index (κ1) is 9.84. The van der Waals surface area contributed by atoms with Crippen LogP contribution in [0.5, 0.6) is 0 Å². The molecule has 0 aliphatic rings. The Kier molecular flexibility index (Phi) is 8.70. The monoisotopic (exact) mass is 150 g/mol. The Hall–Kier alpha value is -0.160. The molecule has 0 aromatic carbocycles. The van der Waals surface area contributed by atoms with Gasteiger partial charge in [-0.3, -0.25) is 0 Å². The first-order valence-corrected chi connectivity index (χ1v) is 3.42. The predicted octanol–water partition coefficient (Wildman–Crippen LogP) is 1.22. The first-order valence-electron chi connectivity index (χ1n) is 3.42. The van der Waals surface area contributed by atoms with Gasteiger partial charge in [0.2, 0.25) is 0 Å². The van der Waals surface area contributed by atoms with Crippen molar-refractivity contribution in [1.82, 2.24) is 0 Å². The molecule has 0 saturated carbocycles. The topological polar surface area (TPSA) is 47.9 Å². The Morgan fingerprint density at radius 1 is 1.20 bits per heavy atom. The van der Waals surface area contributed by atoms with Gasteiger partial charge in [0.15, 0.2) is 0 Å². The van der Waals surface area contributed by atoms with E-state index in [1.54, 1.807) is 0 Å². The molecule has 0 bridgehead atoms. The third kappa shape index (κ3) is 7.84. The smallest absolute Gasteiger partial charge is 0.0854 e. The lowest BCUT2D eigenvalue weighted by molar-refractivity contribution is -0.490. The normalized spacial score (nSPS) is 10.2. The molecule has 1 N–H and O–H groups in total. The van der Waals surface area contributed by atoms with Crippen LogP contribution < -0.4 is 0 Å². The van der Waals surface area contributed by atoms with Crippen molar-refractivity contribution in [2.75, 3.05) is 19.8 Å². The van der Waals surface area contributed by atoms with Gasteiger partial charge in [-0.05, 0) is 19.8 Å². The molecule has 0 spiro atoms. The van der Waals surface area contributed by atoms with Crippen LogP contribution in [0.1, 0.15) is 19.8 Å². The number of unbranched alkanes of at least 4 members (excludes halogenated alkanes) is 1. The third-order valence-electron chi connectivity index (χ3n) is 1.02. The fraction of sp³-hybridized carbons (Fsp3) is 1.00. The number of ether oxygens (including phenoxy) is 1. The fourth-order valence-electron chi connectivity index (χ4n) is 0.547. The molecule has 0 aromatic rings. The molecular formula is C6H14O4. The second-order valence-electron chi connectivity index (χ2n) is 1.80. The first-order chi connectivity index (χ1) is 4.91. The molecule has 0 rings (SSSR count). The van der Waals surface area contributed by atoms with E-state index in [9.17, 15) is 0 Å². The van der Waals surface area contributed by atoms with Crippen molar-refractivity contribution in [3.05, 3.63) is 0 Å². The molecule has 4 nitrogen and oxygen atoms in total. The van der Waals surface area contributed by atoms with E-state index in [1.165, 1.54) is 0 Å². The highest BCUT2D eigenvalue weighted by molar-refractivity contribution is 4.34. The second-order valence-corrected chi connectivity index (χ2v) is 1.80. The van der Waals surface area contributed by atoms with E-state index in [4.69, 9.17) is 9.99 Å². The largest absolute Gasteiger partial charge is 0.382 e. The molecule has 0 aromatic heterocycles. The molecule has 0 unspecified atom stereocenters. The van der Waals surface area contributed by atoms with Crippen molar-refractivity contribution < 1.29 is 19.9 Å². The van der Waals surface area contributed by atoms with Gasteiger partial charge in [-0.2, -0.15) is 0 Å². The van der Waals surface area contributed by atoms with Crippen LogP contribution in [0.25, 0.3) is 0 Å². The lowest BCUT2D eigenvalue weighted by Gasteiger charge is -1.99. The number of hydrogen-bond donors (Lipinski definition) is 1. The summed E-state index contributed by atoms with van der Waals surface area (Å²) in [5, 5.41) is 11.1. The highest BCUT2D eigenvalue weighted by Gasteiger charge is 1.88. The van der Waals surface area contributed by atoms with Crippen LogP contribution in [-0.4, -0.2) is 25.1 Å². The lowest BCUT2D eigenvalue weighted by Crippen LogP contribution is -1.97. The van der Waals surface area contributed by atoms with E-state index >= 15 is 0 Å². The second kappa shape index (κ2) is 8.84. The van der Waals surface area contributed by atoms with Crippen LogP contribution in [0.3, 0.4) is 0 Å². The zero-order valence-electron chi connectivity index (χ0n) is 6.21. The van der Waals surface area contributed by atoms with Gasteiger partial charge < -0.3 is 4.74 Å². The Morgan fingerprint density at radius 3 is 2.50 bits per heavy atom. The fourth-order valence-corrected chi connectivity index (χ4v) is 0.547. The molecule has 10 heavy (non-hydrogen) atoms. The van der Waals surface area contributed by atoms with Gasteiger partial charge >= 0.3 is 0 Å². The number of rotatable bonds is 7. The zero-order valence-corrected chi connectivity index (χ0v) is 6.21. The van der Waals surface area contributed by atoms with Gasteiger partial charge in [0.1, 0.15) is 0 Å². The Bertz CT molecular complexity index is 49.7. The average Bonchev–Trinajstić information content (AvgIpc) is 1.97. The van der Waals surface area contributed by atoms with Gasteiger partial charge in [-0.15, -0.1) is 0 Å². The van der Waals surface area contributed by atoms with E-state index in [0.717, 1.165) is 26.1 Å². The summed E-state index contributed by atoms with van der Waals surface area (Å²) in [6.45, 7) is 3.85. The van der Waals surface area contributed by atoms with Gasteiger partial charge in [-0.25, -0.2) is 10.1 Å². The Balaban J connectivity index is 2.65. The van der Waals surface area contributed by atoms with Gasteiger partial charge in [-0.1, -0.05) is 5.04 Å². The van der Waals surface area contributed by atoms with Crippen molar-refractivity contribution in [2.24, 2.45) is 0 Å². The predicted molar refractivity (Wildman–Crippen MR) is 35.4 cm³/mol. The lowest BCUT2D eigenvalue weighted by atomic mass is 10.3. The maximum atomic E-state index is 7.72. The molecule has 0 aliphatic heterocycles. The van der Waals surface area contributed by atoms with Crippen LogP contribution in [0.15, 0.2) is 0 Å². The molecule has 0 radical (unpaired) electrons. The minimum absolute atomic E-state index is 0.406. The van der Waals surface area contributed by atoms with Crippen molar-refractivity contribution in [1.29, 1.82) is 0 Å². The summed E-state index contributed by atoms with van der Waals surface area (Å²) in [5.41, 5.74) is 0. The molecule has 0 amide bonds. The molecule has 62 valence electrons. The summed E-state index contributed by atoms with van der Waals surface area (Å²) >= 11 is 0. The quantitative estimate of drug-likeness (QED) is 0.337. The van der Waals surface area contributed by atoms with E-state index in [0.29, 0.717) is 6.61 Å². The van der Waals surface area contributed by atoms with E-state index in [2.05, 4.69) is 9.93 Å². The van der Waals surface area contributed by atoms with Crippen molar-refractivity contribution in [3.63, 3.8) is 0 Å². The number of hydrogen-bond acceptors (Lipinski definition) is 4. The molecular weight excluding hydrogens is 136 g/mol. The third-order valence-corrected chi connectivity index (χ3v) is 1.02. The van der Waals surface area contributed by atoms with E-state index in [1.807, 2.05) is 6.92 Å². The van der Waals surface area contributed by atoms with Crippen molar-refractivity contribution in [3.8, 4) is 0 Å². The summed E-state index contributed by atoms with van der Waals surface area (Å²) in [6, 6.07) is 0. The van der Waals surface area contributed by atoms with Crippen LogP contribution in [-0.2, 0) is 14.7 Å². The van der Waals surface area contributed by atoms with Gasteiger partial charge in [0.05, 0.1) is 6.61 Å². The minimum Gasteiger partial charge on any atom is -0.382 e. The molecule has 0 aliphatic carbocycles. The standard InChI is InChI=1S/C6H14O4/c1-2-8-5-3-4-6-9-10-7/h7H,2-6H2,1H3. The van der Waals surface area contributed by atoms with Crippen molar-refractivity contribution >= 4 is 0 Å². The maximum Gasteiger partial charge on any atom is 0.0854 e. The molecule has 0 fully saturated rings. The van der Waals surface area contributed by atoms with Crippen LogP contribution in [0, 0.1) is 0 Å². The molecule has 0 atom stereocenters. The van der Waals surface area contributed by atoms with Crippen LogP contribution in [0.4, 0.5) is 0 Å². The Morgan fingerprint density at radius 2 is 1.90 bits per heavy atom. The highest BCUT2D eigenvalue weighted by atomic mass is 17.5. The minimum atomic E-state index is 0.406. The molecule has 4 heteroatoms. The summed E-state index contributed by atoms with van der Waals surface area (Å²) in [6.07, 6.45) is 1.76. The van der Waals surface area contributed by atoms with Gasteiger partial charge in [0, 0.05) is 13.2 Å². The van der Waals surface area contributed by atoms with E-state index < -0.39 is 0 Å². The summed E-state index contributed by atoms with van der Waals surface area (Å²) < 4.78 is 5.05. The SMILES string of the molecule is CCOCCCCOOO. The molecule has 0 heterocycles. The van der Waals surface area contributed by atoms with Crippen molar-refractivity contribution in [2.45, 2.75) is 19.8 Å². The Labute approximate surface area is 60.6 Å². The summed E-state index contributed by atoms with van der Waals surface area (Å²) in [4.78, 5) is 4.21. The summed E-state index contributed by atoms with van der Waals surface area (Å²) in [5.74, 6) is 0. The van der Waals surface area contributed by atoms with Crippen LogP contribution >= 0.6 is 0 Å². The maximum absolute atomic E-state index is 7.72.